The topological polar surface area (TPSA) is 72.5 Å². The molecule has 0 radical (unpaired) electrons. The van der Waals surface area contributed by atoms with Crippen LogP contribution in [0.3, 0.4) is 0 Å². The molecule has 1 aromatic rings. The highest BCUT2D eigenvalue weighted by molar-refractivity contribution is 5.52. The second-order valence-corrected chi connectivity index (χ2v) is 2.49. The third-order valence-electron chi connectivity index (χ3n) is 1.68. The van der Waals surface area contributed by atoms with Gasteiger partial charge in [-0.3, -0.25) is 0 Å². The molecule has 0 saturated heterocycles. The normalized spacial score (nSPS) is 9.00. The fraction of sp³-hybridized carbons (Fsp3) is 0.125. The number of hydrogen-bond acceptors (Lipinski definition) is 2. The van der Waals surface area contributed by atoms with Crippen molar-refractivity contribution in [3.05, 3.63) is 39.3 Å². The first kappa shape index (κ1) is 9.96. The molecule has 0 unspecified atom stereocenters. The summed E-state index contributed by atoms with van der Waals surface area (Å²) < 4.78 is 26.3. The Hall–Kier alpha value is -2.12. The van der Waals surface area contributed by atoms with Crippen LogP contribution in [0.1, 0.15) is 11.1 Å². The number of nitriles is 1. The minimum absolute atomic E-state index is 0.167. The van der Waals surface area contributed by atoms with Crippen molar-refractivity contribution in [2.75, 3.05) is 0 Å². The van der Waals surface area contributed by atoms with Crippen LogP contribution in [0.5, 0.6) is 0 Å². The quantitative estimate of drug-likeness (QED) is 0.384. The Bertz CT molecular complexity index is 469. The molecule has 0 aliphatic carbocycles. The van der Waals surface area contributed by atoms with Crippen LogP contribution in [0.15, 0.2) is 11.2 Å². The van der Waals surface area contributed by atoms with Gasteiger partial charge in [-0.15, -0.1) is 0 Å². The SMILES string of the molecule is Cc1c(F)c(C#N)cc(F)c1N=[N+]=[N-]. The van der Waals surface area contributed by atoms with Crippen LogP contribution in [0.2, 0.25) is 0 Å². The van der Waals surface area contributed by atoms with E-state index < -0.39 is 22.9 Å². The summed E-state index contributed by atoms with van der Waals surface area (Å²) in [7, 11) is 0. The average molecular weight is 194 g/mol. The van der Waals surface area contributed by atoms with Crippen molar-refractivity contribution in [2.24, 2.45) is 5.11 Å². The van der Waals surface area contributed by atoms with Crippen LogP contribution in [0.25, 0.3) is 10.4 Å². The molecule has 0 N–H and O–H groups in total. The van der Waals surface area contributed by atoms with Gasteiger partial charge in [0.1, 0.15) is 17.7 Å². The van der Waals surface area contributed by atoms with Crippen LogP contribution >= 0.6 is 0 Å². The van der Waals surface area contributed by atoms with Gasteiger partial charge in [-0.2, -0.15) is 5.26 Å². The molecule has 70 valence electrons. The summed E-state index contributed by atoms with van der Waals surface area (Å²) in [5.74, 6) is -1.77. The smallest absolute Gasteiger partial charge is 0.144 e. The molecule has 0 aliphatic heterocycles. The van der Waals surface area contributed by atoms with E-state index in [2.05, 4.69) is 10.0 Å². The lowest BCUT2D eigenvalue weighted by molar-refractivity contribution is 0.591. The molecule has 0 saturated carbocycles. The van der Waals surface area contributed by atoms with Gasteiger partial charge in [-0.05, 0) is 24.1 Å². The van der Waals surface area contributed by atoms with E-state index >= 15 is 0 Å². The summed E-state index contributed by atoms with van der Waals surface area (Å²) in [6.07, 6.45) is 0. The number of nitrogens with zero attached hydrogens (tertiary/aromatic N) is 4. The highest BCUT2D eigenvalue weighted by Gasteiger charge is 2.13. The lowest BCUT2D eigenvalue weighted by Crippen LogP contribution is -1.92. The molecular formula is C8H4F2N4. The molecule has 0 aromatic heterocycles. The molecule has 0 bridgehead atoms. The number of halogens is 2. The van der Waals surface area contributed by atoms with Crippen molar-refractivity contribution < 1.29 is 8.78 Å². The van der Waals surface area contributed by atoms with E-state index in [1.165, 1.54) is 13.0 Å². The molecule has 0 atom stereocenters. The first-order valence-corrected chi connectivity index (χ1v) is 3.55. The molecule has 0 aliphatic rings. The zero-order valence-corrected chi connectivity index (χ0v) is 7.12. The molecule has 0 spiro atoms. The molecule has 6 heteroatoms. The third kappa shape index (κ3) is 1.49. The molecule has 1 rings (SSSR count). The summed E-state index contributed by atoms with van der Waals surface area (Å²) >= 11 is 0. The second-order valence-electron chi connectivity index (χ2n) is 2.49. The predicted molar refractivity (Wildman–Crippen MR) is 44.6 cm³/mol. The van der Waals surface area contributed by atoms with Gasteiger partial charge in [-0.1, -0.05) is 5.11 Å². The fourth-order valence-electron chi connectivity index (χ4n) is 0.992. The standard InChI is InChI=1S/C8H4F2N4/c1-4-7(10)5(3-11)2-6(9)8(4)13-14-12/h2H,1H3. The van der Waals surface area contributed by atoms with E-state index in [-0.39, 0.29) is 5.56 Å². The lowest BCUT2D eigenvalue weighted by Gasteiger charge is -2.03. The number of rotatable bonds is 1. The Balaban J connectivity index is 3.58. The van der Waals surface area contributed by atoms with Gasteiger partial charge >= 0.3 is 0 Å². The zero-order chi connectivity index (χ0) is 10.7. The van der Waals surface area contributed by atoms with Gasteiger partial charge in [0.05, 0.1) is 11.3 Å². The Labute approximate surface area is 78.0 Å². The van der Waals surface area contributed by atoms with E-state index in [4.69, 9.17) is 10.8 Å². The van der Waals surface area contributed by atoms with Gasteiger partial charge in [0.2, 0.25) is 0 Å². The maximum atomic E-state index is 13.2. The number of azide groups is 1. The summed E-state index contributed by atoms with van der Waals surface area (Å²) in [6, 6.07) is 2.20. The van der Waals surface area contributed by atoms with Gasteiger partial charge in [0.25, 0.3) is 0 Å². The summed E-state index contributed by atoms with van der Waals surface area (Å²) in [6.45, 7) is 1.24. The minimum atomic E-state index is -0.904. The predicted octanol–water partition coefficient (Wildman–Crippen LogP) is 3.09. The zero-order valence-electron chi connectivity index (χ0n) is 7.12. The van der Waals surface area contributed by atoms with Crippen molar-refractivity contribution in [3.63, 3.8) is 0 Å². The maximum absolute atomic E-state index is 13.2. The Morgan fingerprint density at radius 2 is 2.21 bits per heavy atom. The largest absolute Gasteiger partial charge is 0.206 e. The van der Waals surface area contributed by atoms with Crippen molar-refractivity contribution in [1.29, 1.82) is 5.26 Å². The average Bonchev–Trinajstić information content (AvgIpc) is 2.18. The van der Waals surface area contributed by atoms with Gasteiger partial charge in [0, 0.05) is 4.91 Å². The van der Waals surface area contributed by atoms with Crippen LogP contribution in [0, 0.1) is 29.9 Å². The number of hydrogen-bond donors (Lipinski definition) is 0. The molecule has 4 nitrogen and oxygen atoms in total. The lowest BCUT2D eigenvalue weighted by atomic mass is 10.1. The second kappa shape index (κ2) is 3.73. The summed E-state index contributed by atoms with van der Waals surface area (Å²) in [5.41, 5.74) is 7.10. The molecule has 0 heterocycles. The summed E-state index contributed by atoms with van der Waals surface area (Å²) in [4.78, 5) is 2.36. The van der Waals surface area contributed by atoms with Crippen LogP contribution in [-0.2, 0) is 0 Å². The first-order valence-electron chi connectivity index (χ1n) is 3.55. The highest BCUT2D eigenvalue weighted by Crippen LogP contribution is 2.27. The van der Waals surface area contributed by atoms with E-state index in [0.717, 1.165) is 0 Å². The fourth-order valence-corrected chi connectivity index (χ4v) is 0.992. The maximum Gasteiger partial charge on any atom is 0.144 e. The van der Waals surface area contributed by atoms with E-state index in [1.807, 2.05) is 0 Å². The minimum Gasteiger partial charge on any atom is -0.206 e. The molecule has 0 fully saturated rings. The van der Waals surface area contributed by atoms with Gasteiger partial charge < -0.3 is 0 Å². The van der Waals surface area contributed by atoms with Crippen molar-refractivity contribution in [1.82, 2.24) is 0 Å². The Morgan fingerprint density at radius 1 is 1.57 bits per heavy atom. The van der Waals surface area contributed by atoms with Crippen LogP contribution < -0.4 is 0 Å². The van der Waals surface area contributed by atoms with Gasteiger partial charge in [-0.25, -0.2) is 8.78 Å². The van der Waals surface area contributed by atoms with Crippen molar-refractivity contribution >= 4 is 5.69 Å². The highest BCUT2D eigenvalue weighted by atomic mass is 19.1. The Kier molecular flexibility index (Phi) is 2.65. The van der Waals surface area contributed by atoms with Crippen molar-refractivity contribution in [3.8, 4) is 6.07 Å². The first-order chi connectivity index (χ1) is 6.61. The van der Waals surface area contributed by atoms with Crippen LogP contribution in [0.4, 0.5) is 14.5 Å². The summed E-state index contributed by atoms with van der Waals surface area (Å²) in [5, 5.41) is 11.4. The number of benzene rings is 1. The van der Waals surface area contributed by atoms with Crippen molar-refractivity contribution in [2.45, 2.75) is 6.92 Å². The van der Waals surface area contributed by atoms with E-state index in [9.17, 15) is 8.78 Å². The molecule has 0 amide bonds. The van der Waals surface area contributed by atoms with E-state index in [1.54, 1.807) is 0 Å². The van der Waals surface area contributed by atoms with E-state index in [0.29, 0.717) is 6.07 Å². The molecule has 1 aromatic carbocycles. The monoisotopic (exact) mass is 194 g/mol. The Morgan fingerprint density at radius 3 is 2.71 bits per heavy atom. The molecular weight excluding hydrogens is 190 g/mol. The third-order valence-corrected chi connectivity index (χ3v) is 1.68. The van der Waals surface area contributed by atoms with Crippen LogP contribution in [-0.4, -0.2) is 0 Å². The van der Waals surface area contributed by atoms with Gasteiger partial charge in [0.15, 0.2) is 0 Å². The molecule has 14 heavy (non-hydrogen) atoms.